The van der Waals surface area contributed by atoms with Crippen LogP contribution in [0.2, 0.25) is 0 Å². The molecule has 0 radical (unpaired) electrons. The first-order valence-electron chi connectivity index (χ1n) is 8.12. The lowest BCUT2D eigenvalue weighted by atomic mass is 10.1. The van der Waals surface area contributed by atoms with Gasteiger partial charge in [0.2, 0.25) is 5.71 Å². The third-order valence-electron chi connectivity index (χ3n) is 3.48. The quantitative estimate of drug-likeness (QED) is 0.371. The second-order valence-corrected chi connectivity index (χ2v) is 6.80. The molecule has 0 aromatic heterocycles. The van der Waals surface area contributed by atoms with Gasteiger partial charge in [0.25, 0.3) is 0 Å². The van der Waals surface area contributed by atoms with E-state index >= 15 is 0 Å². The van der Waals surface area contributed by atoms with Crippen LogP contribution >= 0.6 is 0 Å². The Morgan fingerprint density at radius 1 is 1.50 bits per heavy atom. The lowest BCUT2D eigenvalue weighted by molar-refractivity contribution is 0.0245. The van der Waals surface area contributed by atoms with E-state index in [1.807, 2.05) is 32.9 Å². The van der Waals surface area contributed by atoms with Crippen molar-refractivity contribution >= 4 is 29.0 Å². The molecule has 1 amide bonds. The maximum atomic E-state index is 12.3. The zero-order valence-corrected chi connectivity index (χ0v) is 15.1. The number of nitriles is 1. The second-order valence-electron chi connectivity index (χ2n) is 6.80. The van der Waals surface area contributed by atoms with Gasteiger partial charge < -0.3 is 20.7 Å². The van der Waals surface area contributed by atoms with Crippen molar-refractivity contribution in [1.82, 2.24) is 4.90 Å². The fourth-order valence-corrected chi connectivity index (χ4v) is 2.31. The Balaban J connectivity index is 2.14. The first kappa shape index (κ1) is 19.1. The largest absolute Gasteiger partial charge is 0.444 e. The molecule has 0 bridgehead atoms. The molecule has 0 atom stereocenters. The van der Waals surface area contributed by atoms with E-state index in [1.165, 1.54) is 0 Å². The van der Waals surface area contributed by atoms with Gasteiger partial charge in [0.05, 0.1) is 12.2 Å². The normalized spacial score (nSPS) is 14.4. The van der Waals surface area contributed by atoms with Crippen LogP contribution in [0.15, 0.2) is 23.3 Å². The van der Waals surface area contributed by atoms with E-state index in [4.69, 9.17) is 21.1 Å². The Hall–Kier alpha value is -3.28. The fourth-order valence-electron chi connectivity index (χ4n) is 2.31. The molecule has 0 aliphatic carbocycles. The number of amidine groups is 1. The molecule has 0 fully saturated rings. The maximum Gasteiger partial charge on any atom is 0.410 e. The number of rotatable bonds is 3. The van der Waals surface area contributed by atoms with E-state index in [0.29, 0.717) is 25.3 Å². The van der Waals surface area contributed by atoms with Crippen LogP contribution in [0.5, 0.6) is 0 Å². The summed E-state index contributed by atoms with van der Waals surface area (Å²) in [7, 11) is 0. The number of hydrogen-bond donors (Lipinski definition) is 4. The third-order valence-corrected chi connectivity index (χ3v) is 3.48. The monoisotopic (exact) mass is 357 g/mol. The number of benzene rings is 1. The highest BCUT2D eigenvalue weighted by Gasteiger charge is 2.24. The summed E-state index contributed by atoms with van der Waals surface area (Å²) in [5.74, 6) is -0.402. The third kappa shape index (κ3) is 5.11. The summed E-state index contributed by atoms with van der Waals surface area (Å²) in [6.45, 7) is 7.04. The molecule has 138 valence electrons. The Labute approximate surface area is 152 Å². The van der Waals surface area contributed by atoms with Gasteiger partial charge >= 0.3 is 6.09 Å². The molecular weight excluding hydrogens is 334 g/mol. The predicted molar refractivity (Wildman–Crippen MR) is 100 cm³/mol. The van der Waals surface area contributed by atoms with Crippen LogP contribution in [0.1, 0.15) is 26.3 Å². The Morgan fingerprint density at radius 2 is 2.23 bits per heavy atom. The van der Waals surface area contributed by atoms with Crippen LogP contribution in [-0.2, 0) is 11.3 Å². The molecule has 1 aliphatic heterocycles. The standard InChI is InChI=1S/C17H23N7O2/c1-17(2,3)26-16(25)24-7-6-21-13-8-12(5-4-11(13)10-24)22-23-14(9-18)15(19)20/h4-5,8,21-22H,6-7,10H2,1-3H3,(H3,19,20)/b23-14+. The van der Waals surface area contributed by atoms with Crippen LogP contribution in [0.4, 0.5) is 16.2 Å². The Kier molecular flexibility index (Phi) is 5.67. The van der Waals surface area contributed by atoms with Gasteiger partial charge in [-0.2, -0.15) is 10.4 Å². The number of amides is 1. The second kappa shape index (κ2) is 7.74. The van der Waals surface area contributed by atoms with Crippen molar-refractivity contribution in [1.29, 1.82) is 10.7 Å². The minimum Gasteiger partial charge on any atom is -0.444 e. The number of ether oxygens (including phenoxy) is 1. The average molecular weight is 357 g/mol. The van der Waals surface area contributed by atoms with E-state index in [9.17, 15) is 4.79 Å². The SMILES string of the molecule is CC(C)(C)OC(=O)N1CCNc2cc(N/N=C(\C#N)C(=N)N)ccc2C1. The molecule has 1 aliphatic rings. The van der Waals surface area contributed by atoms with Gasteiger partial charge in [-0.25, -0.2) is 4.79 Å². The zero-order valence-electron chi connectivity index (χ0n) is 15.1. The van der Waals surface area contributed by atoms with Gasteiger partial charge in [-0.15, -0.1) is 0 Å². The average Bonchev–Trinajstić information content (AvgIpc) is 2.75. The molecule has 0 unspecified atom stereocenters. The summed E-state index contributed by atoms with van der Waals surface area (Å²) in [6.07, 6.45) is -0.348. The molecule has 1 aromatic rings. The Morgan fingerprint density at radius 3 is 2.85 bits per heavy atom. The van der Waals surface area contributed by atoms with E-state index in [2.05, 4.69) is 15.8 Å². The van der Waals surface area contributed by atoms with Gasteiger partial charge in [0, 0.05) is 18.8 Å². The van der Waals surface area contributed by atoms with Gasteiger partial charge in [-0.05, 0) is 38.5 Å². The summed E-state index contributed by atoms with van der Waals surface area (Å²) in [5, 5.41) is 23.2. The first-order valence-corrected chi connectivity index (χ1v) is 8.12. The summed E-state index contributed by atoms with van der Waals surface area (Å²) >= 11 is 0. The molecule has 0 spiro atoms. The highest BCUT2D eigenvalue weighted by Crippen LogP contribution is 2.25. The van der Waals surface area contributed by atoms with Crippen molar-refractivity contribution in [2.24, 2.45) is 10.8 Å². The molecule has 1 aromatic carbocycles. The summed E-state index contributed by atoms with van der Waals surface area (Å²) in [4.78, 5) is 14.0. The van der Waals surface area contributed by atoms with Crippen LogP contribution in [0.3, 0.4) is 0 Å². The molecule has 1 heterocycles. The number of nitrogens with zero attached hydrogens (tertiary/aromatic N) is 3. The summed E-state index contributed by atoms with van der Waals surface area (Å²) in [6, 6.07) is 7.21. The topological polar surface area (TPSA) is 140 Å². The summed E-state index contributed by atoms with van der Waals surface area (Å²) in [5.41, 5.74) is 9.67. The number of nitrogens with one attached hydrogen (secondary N) is 3. The number of nitrogens with two attached hydrogens (primary N) is 1. The van der Waals surface area contributed by atoms with E-state index in [0.717, 1.165) is 11.3 Å². The van der Waals surface area contributed by atoms with Gasteiger partial charge in [0.15, 0.2) is 5.84 Å². The summed E-state index contributed by atoms with van der Waals surface area (Å²) < 4.78 is 5.44. The van der Waals surface area contributed by atoms with Crippen LogP contribution < -0.4 is 16.5 Å². The molecule has 9 heteroatoms. The van der Waals surface area contributed by atoms with Crippen molar-refractivity contribution in [3.63, 3.8) is 0 Å². The van der Waals surface area contributed by atoms with Crippen LogP contribution in [0.25, 0.3) is 0 Å². The Bertz CT molecular complexity index is 774. The highest BCUT2D eigenvalue weighted by molar-refractivity contribution is 6.45. The molecule has 0 saturated heterocycles. The lowest BCUT2D eigenvalue weighted by Gasteiger charge is -2.26. The number of hydrazone groups is 1. The van der Waals surface area contributed by atoms with E-state index in [-0.39, 0.29) is 11.8 Å². The minimum atomic E-state index is -0.541. The smallest absolute Gasteiger partial charge is 0.410 e. The number of fused-ring (bicyclic) bond motifs is 1. The predicted octanol–water partition coefficient (Wildman–Crippen LogP) is 2.08. The van der Waals surface area contributed by atoms with Crippen LogP contribution in [0, 0.1) is 16.7 Å². The minimum absolute atomic E-state index is 0.191. The van der Waals surface area contributed by atoms with Crippen molar-refractivity contribution in [3.05, 3.63) is 23.8 Å². The van der Waals surface area contributed by atoms with Gasteiger partial charge in [-0.3, -0.25) is 10.8 Å². The lowest BCUT2D eigenvalue weighted by Crippen LogP contribution is -2.37. The molecule has 26 heavy (non-hydrogen) atoms. The molecular formula is C17H23N7O2. The first-order chi connectivity index (χ1) is 12.2. The zero-order chi connectivity index (χ0) is 19.3. The van der Waals surface area contributed by atoms with Crippen molar-refractivity contribution < 1.29 is 9.53 Å². The number of hydrogen-bond acceptors (Lipinski definition) is 7. The maximum absolute atomic E-state index is 12.3. The fraction of sp³-hybridized carbons (Fsp3) is 0.412. The molecule has 9 nitrogen and oxygen atoms in total. The number of anilines is 2. The van der Waals surface area contributed by atoms with Crippen molar-refractivity contribution in [2.75, 3.05) is 23.8 Å². The van der Waals surface area contributed by atoms with E-state index in [1.54, 1.807) is 17.0 Å². The van der Waals surface area contributed by atoms with Crippen LogP contribution in [-0.4, -0.2) is 41.2 Å². The van der Waals surface area contributed by atoms with Gasteiger partial charge in [0.1, 0.15) is 11.7 Å². The molecule has 5 N–H and O–H groups in total. The van der Waals surface area contributed by atoms with Crippen molar-refractivity contribution in [2.45, 2.75) is 32.9 Å². The van der Waals surface area contributed by atoms with E-state index < -0.39 is 11.4 Å². The number of carbonyl (C=O) groups excluding carboxylic acids is 1. The highest BCUT2D eigenvalue weighted by atomic mass is 16.6. The number of carbonyl (C=O) groups is 1. The van der Waals surface area contributed by atoms with Gasteiger partial charge in [-0.1, -0.05) is 6.07 Å². The molecule has 0 saturated carbocycles. The van der Waals surface area contributed by atoms with Crippen molar-refractivity contribution in [3.8, 4) is 6.07 Å². The molecule has 2 rings (SSSR count).